The van der Waals surface area contributed by atoms with Crippen molar-refractivity contribution in [3.63, 3.8) is 0 Å². The molecule has 11 heavy (non-hydrogen) atoms. The second-order valence-electron chi connectivity index (χ2n) is 2.53. The molecule has 0 amide bonds. The summed E-state index contributed by atoms with van der Waals surface area (Å²) in [7, 11) is 0. The van der Waals surface area contributed by atoms with Crippen molar-refractivity contribution in [2.24, 2.45) is 0 Å². The van der Waals surface area contributed by atoms with Crippen LogP contribution in [0.2, 0.25) is 0 Å². The van der Waals surface area contributed by atoms with Gasteiger partial charge in [0.2, 0.25) is 0 Å². The van der Waals surface area contributed by atoms with Crippen molar-refractivity contribution in [2.75, 3.05) is 0 Å². The highest BCUT2D eigenvalue weighted by Gasteiger charge is 2.04. The molecule has 2 rings (SSSR count). The third kappa shape index (κ3) is 0.808. The lowest BCUT2D eigenvalue weighted by Gasteiger charge is -1.89. The SMILES string of the molecule is Cc1onc2c(C)nccc12. The zero-order valence-electron chi connectivity index (χ0n) is 6.46. The Morgan fingerprint density at radius 2 is 2.18 bits per heavy atom. The molecule has 0 N–H and O–H groups in total. The number of hydrogen-bond acceptors (Lipinski definition) is 3. The Kier molecular flexibility index (Phi) is 1.18. The molecule has 3 nitrogen and oxygen atoms in total. The molecule has 0 aliphatic rings. The van der Waals surface area contributed by atoms with E-state index in [0.29, 0.717) is 0 Å². The summed E-state index contributed by atoms with van der Waals surface area (Å²) in [5.41, 5.74) is 1.78. The van der Waals surface area contributed by atoms with E-state index >= 15 is 0 Å². The maximum Gasteiger partial charge on any atom is 0.141 e. The molecule has 0 aromatic carbocycles. The number of aryl methyl sites for hydroxylation is 2. The molecular formula is C8H8N2O. The van der Waals surface area contributed by atoms with Gasteiger partial charge in [-0.25, -0.2) is 0 Å². The van der Waals surface area contributed by atoms with Crippen LogP contribution < -0.4 is 0 Å². The van der Waals surface area contributed by atoms with Gasteiger partial charge in [0.15, 0.2) is 0 Å². The largest absolute Gasteiger partial charge is 0.360 e. The van der Waals surface area contributed by atoms with Crippen LogP contribution in [0.3, 0.4) is 0 Å². The van der Waals surface area contributed by atoms with Gasteiger partial charge in [-0.05, 0) is 19.9 Å². The minimum atomic E-state index is 0.852. The van der Waals surface area contributed by atoms with Crippen molar-refractivity contribution >= 4 is 10.9 Å². The van der Waals surface area contributed by atoms with Gasteiger partial charge >= 0.3 is 0 Å². The summed E-state index contributed by atoms with van der Waals surface area (Å²) in [5.74, 6) is 0.852. The highest BCUT2D eigenvalue weighted by atomic mass is 16.5. The molecule has 2 heterocycles. The van der Waals surface area contributed by atoms with E-state index < -0.39 is 0 Å². The first-order chi connectivity index (χ1) is 5.29. The van der Waals surface area contributed by atoms with Crippen molar-refractivity contribution in [1.29, 1.82) is 0 Å². The third-order valence-corrected chi connectivity index (χ3v) is 1.76. The Balaban J connectivity index is 2.94. The maximum atomic E-state index is 5.01. The number of pyridine rings is 1. The van der Waals surface area contributed by atoms with Crippen molar-refractivity contribution in [3.05, 3.63) is 23.7 Å². The molecule has 0 saturated carbocycles. The number of aromatic nitrogens is 2. The molecule has 0 unspecified atom stereocenters. The fourth-order valence-corrected chi connectivity index (χ4v) is 1.12. The predicted molar refractivity (Wildman–Crippen MR) is 41.3 cm³/mol. The number of hydrogen-bond donors (Lipinski definition) is 0. The Bertz CT molecular complexity index is 392. The zero-order chi connectivity index (χ0) is 7.84. The Labute approximate surface area is 64.0 Å². The lowest BCUT2D eigenvalue weighted by atomic mass is 10.2. The van der Waals surface area contributed by atoms with Crippen LogP contribution in [0.25, 0.3) is 10.9 Å². The summed E-state index contributed by atoms with van der Waals surface area (Å²) in [6.07, 6.45) is 1.77. The molecule has 2 aromatic heterocycles. The first-order valence-electron chi connectivity index (χ1n) is 3.46. The van der Waals surface area contributed by atoms with Gasteiger partial charge in [0.25, 0.3) is 0 Å². The van der Waals surface area contributed by atoms with E-state index in [4.69, 9.17) is 4.52 Å². The van der Waals surface area contributed by atoms with Gasteiger partial charge in [-0.2, -0.15) is 0 Å². The number of fused-ring (bicyclic) bond motifs is 1. The summed E-state index contributed by atoms with van der Waals surface area (Å²) >= 11 is 0. The normalized spacial score (nSPS) is 10.7. The topological polar surface area (TPSA) is 38.9 Å². The Hall–Kier alpha value is -1.38. The third-order valence-electron chi connectivity index (χ3n) is 1.76. The number of nitrogens with zero attached hydrogens (tertiary/aromatic N) is 2. The summed E-state index contributed by atoms with van der Waals surface area (Å²) in [5, 5.41) is 4.93. The smallest absolute Gasteiger partial charge is 0.141 e. The van der Waals surface area contributed by atoms with Gasteiger partial charge in [-0.1, -0.05) is 5.16 Å². The Morgan fingerprint density at radius 1 is 1.36 bits per heavy atom. The summed E-state index contributed by atoms with van der Waals surface area (Å²) in [6, 6.07) is 1.91. The van der Waals surface area contributed by atoms with E-state index in [1.165, 1.54) is 0 Å². The van der Waals surface area contributed by atoms with E-state index in [1.54, 1.807) is 6.20 Å². The molecule has 3 heteroatoms. The van der Waals surface area contributed by atoms with E-state index in [-0.39, 0.29) is 0 Å². The quantitative estimate of drug-likeness (QED) is 0.572. The molecule has 0 aliphatic carbocycles. The highest BCUT2D eigenvalue weighted by Crippen LogP contribution is 2.17. The van der Waals surface area contributed by atoms with Crippen LogP contribution in [0, 0.1) is 13.8 Å². The second-order valence-corrected chi connectivity index (χ2v) is 2.53. The van der Waals surface area contributed by atoms with Crippen LogP contribution in [0.15, 0.2) is 16.8 Å². The average Bonchev–Trinajstić information content (AvgIpc) is 2.35. The molecule has 0 atom stereocenters. The maximum absolute atomic E-state index is 5.01. The fourth-order valence-electron chi connectivity index (χ4n) is 1.12. The van der Waals surface area contributed by atoms with Crippen LogP contribution in [0.1, 0.15) is 11.5 Å². The van der Waals surface area contributed by atoms with Crippen molar-refractivity contribution in [3.8, 4) is 0 Å². The van der Waals surface area contributed by atoms with Crippen LogP contribution in [0.4, 0.5) is 0 Å². The predicted octanol–water partition coefficient (Wildman–Crippen LogP) is 1.84. The second kappa shape index (κ2) is 2.05. The molecule has 0 radical (unpaired) electrons. The van der Waals surface area contributed by atoms with Gasteiger partial charge in [0, 0.05) is 11.6 Å². The van der Waals surface area contributed by atoms with E-state index in [1.807, 2.05) is 19.9 Å². The average molecular weight is 148 g/mol. The molecule has 0 aliphatic heterocycles. The molecule has 0 saturated heterocycles. The lowest BCUT2D eigenvalue weighted by Crippen LogP contribution is -1.80. The summed E-state index contributed by atoms with van der Waals surface area (Å²) < 4.78 is 5.01. The first kappa shape index (κ1) is 6.34. The minimum Gasteiger partial charge on any atom is -0.360 e. The van der Waals surface area contributed by atoms with Crippen LogP contribution in [-0.4, -0.2) is 10.1 Å². The lowest BCUT2D eigenvalue weighted by molar-refractivity contribution is 0.405. The summed E-state index contributed by atoms with van der Waals surface area (Å²) in [4.78, 5) is 4.10. The van der Waals surface area contributed by atoms with Crippen LogP contribution >= 0.6 is 0 Å². The number of rotatable bonds is 0. The first-order valence-corrected chi connectivity index (χ1v) is 3.46. The minimum absolute atomic E-state index is 0.852. The molecule has 56 valence electrons. The standard InChI is InChI=1S/C8H8N2O/c1-5-8-7(3-4-9-5)6(2)11-10-8/h3-4H,1-2H3. The van der Waals surface area contributed by atoms with Gasteiger partial charge in [0.05, 0.1) is 5.69 Å². The highest BCUT2D eigenvalue weighted by molar-refractivity contribution is 5.81. The van der Waals surface area contributed by atoms with E-state index in [0.717, 1.165) is 22.4 Å². The van der Waals surface area contributed by atoms with Gasteiger partial charge in [-0.15, -0.1) is 0 Å². The van der Waals surface area contributed by atoms with Crippen LogP contribution in [0.5, 0.6) is 0 Å². The fraction of sp³-hybridized carbons (Fsp3) is 0.250. The van der Waals surface area contributed by atoms with Gasteiger partial charge < -0.3 is 4.52 Å². The molecular weight excluding hydrogens is 140 g/mol. The van der Waals surface area contributed by atoms with Crippen molar-refractivity contribution in [2.45, 2.75) is 13.8 Å². The van der Waals surface area contributed by atoms with Crippen molar-refractivity contribution < 1.29 is 4.52 Å². The van der Waals surface area contributed by atoms with E-state index in [2.05, 4.69) is 10.1 Å². The molecule has 0 fully saturated rings. The molecule has 0 spiro atoms. The van der Waals surface area contributed by atoms with Gasteiger partial charge in [-0.3, -0.25) is 4.98 Å². The van der Waals surface area contributed by atoms with Crippen LogP contribution in [-0.2, 0) is 0 Å². The van der Waals surface area contributed by atoms with Crippen molar-refractivity contribution in [1.82, 2.24) is 10.1 Å². The van der Waals surface area contributed by atoms with E-state index in [9.17, 15) is 0 Å². The van der Waals surface area contributed by atoms with Gasteiger partial charge in [0.1, 0.15) is 11.3 Å². The Morgan fingerprint density at radius 3 is 2.91 bits per heavy atom. The monoisotopic (exact) mass is 148 g/mol. The molecule has 2 aromatic rings. The molecule has 0 bridgehead atoms. The summed E-state index contributed by atoms with van der Waals surface area (Å²) in [6.45, 7) is 3.82. The zero-order valence-corrected chi connectivity index (χ0v) is 6.46.